The minimum atomic E-state index is -0.947. The number of nitrogens with zero attached hydrogens (tertiary/aromatic N) is 1. The number of carboxylic acid groups (broad SMARTS) is 1. The fourth-order valence-corrected chi connectivity index (χ4v) is 4.31. The normalized spacial score (nSPS) is 19.1. The summed E-state index contributed by atoms with van der Waals surface area (Å²) >= 11 is 0. The molecule has 0 spiro atoms. The highest BCUT2D eigenvalue weighted by Gasteiger charge is 2.34. The van der Waals surface area contributed by atoms with Crippen molar-refractivity contribution in [3.05, 3.63) is 58.1 Å². The molecular formula is C25H29NO7. The van der Waals surface area contributed by atoms with Gasteiger partial charge in [-0.15, -0.1) is 0 Å². The van der Waals surface area contributed by atoms with E-state index in [1.807, 2.05) is 24.3 Å². The minimum absolute atomic E-state index is 0.0809. The fourth-order valence-electron chi connectivity index (χ4n) is 4.31. The van der Waals surface area contributed by atoms with Crippen LogP contribution >= 0.6 is 0 Å². The molecule has 1 unspecified atom stereocenters. The molecule has 1 atom stereocenters. The second-order valence-corrected chi connectivity index (χ2v) is 8.26. The summed E-state index contributed by atoms with van der Waals surface area (Å²) < 4.78 is 10.2. The molecule has 8 heteroatoms. The van der Waals surface area contributed by atoms with Gasteiger partial charge in [-0.05, 0) is 43.7 Å². The average Bonchev–Trinajstić information content (AvgIpc) is 2.83. The Morgan fingerprint density at radius 3 is 2.21 bits per heavy atom. The topological polar surface area (TPSA) is 110 Å². The summed E-state index contributed by atoms with van der Waals surface area (Å²) in [5, 5.41) is 9.36. The van der Waals surface area contributed by atoms with Crippen molar-refractivity contribution in [2.24, 2.45) is 0 Å². The number of carboxylic acids is 1. The van der Waals surface area contributed by atoms with E-state index in [1.165, 1.54) is 19.1 Å². The van der Waals surface area contributed by atoms with Crippen molar-refractivity contribution in [1.29, 1.82) is 0 Å². The zero-order valence-corrected chi connectivity index (χ0v) is 19.2. The van der Waals surface area contributed by atoms with Crippen LogP contribution in [0.25, 0.3) is 0 Å². The fraction of sp³-hybridized carbons (Fsp3) is 0.440. The maximum absolute atomic E-state index is 12.8. The number of aliphatic carboxylic acids is 1. The zero-order chi connectivity index (χ0) is 24.1. The lowest BCUT2D eigenvalue weighted by Gasteiger charge is -2.33. The number of carbonyl (C=O) groups is 4. The molecule has 1 saturated heterocycles. The van der Waals surface area contributed by atoms with E-state index >= 15 is 0 Å². The van der Waals surface area contributed by atoms with Gasteiger partial charge in [0, 0.05) is 30.5 Å². The second-order valence-electron chi connectivity index (χ2n) is 8.26. The molecule has 0 radical (unpaired) electrons. The number of piperidine rings is 1. The van der Waals surface area contributed by atoms with E-state index in [-0.39, 0.29) is 41.8 Å². The van der Waals surface area contributed by atoms with Crippen LogP contribution in [0.5, 0.6) is 0 Å². The number of carbonyl (C=O) groups excluding carboxylic acids is 3. The van der Waals surface area contributed by atoms with Crippen molar-refractivity contribution < 1.29 is 33.8 Å². The van der Waals surface area contributed by atoms with Crippen LogP contribution in [0, 0.1) is 0 Å². The second kappa shape index (κ2) is 10.5. The SMILES string of the molecule is COC1=C(OC)C(=O)C(Cc2ccc(CCC(=O)N3CCCCC3C(=O)O)cc2)=C(C)C1=O. The van der Waals surface area contributed by atoms with Crippen LogP contribution in [0.2, 0.25) is 0 Å². The third-order valence-corrected chi connectivity index (χ3v) is 6.23. The molecule has 0 aromatic heterocycles. The lowest BCUT2D eigenvalue weighted by Crippen LogP contribution is -2.48. The maximum atomic E-state index is 12.8. The molecular weight excluding hydrogens is 426 g/mol. The van der Waals surface area contributed by atoms with Crippen LogP contribution in [0.4, 0.5) is 0 Å². The highest BCUT2D eigenvalue weighted by atomic mass is 16.5. The third-order valence-electron chi connectivity index (χ3n) is 6.23. The number of hydrogen-bond acceptors (Lipinski definition) is 6. The zero-order valence-electron chi connectivity index (χ0n) is 19.2. The van der Waals surface area contributed by atoms with E-state index < -0.39 is 12.0 Å². The van der Waals surface area contributed by atoms with Crippen LogP contribution in [0.1, 0.15) is 43.7 Å². The molecule has 8 nitrogen and oxygen atoms in total. The highest BCUT2D eigenvalue weighted by molar-refractivity contribution is 6.23. The standard InChI is InChI=1S/C25H29NO7/c1-15-18(22(29)24(33-3)23(32-2)21(15)28)14-17-9-7-16(8-10-17)11-12-20(27)26-13-5-4-6-19(26)25(30)31/h7-10,19H,4-6,11-14H2,1-3H3,(H,30,31). The number of ketones is 2. The van der Waals surface area contributed by atoms with E-state index in [2.05, 4.69) is 0 Å². The Bertz CT molecular complexity index is 1020. The monoisotopic (exact) mass is 455 g/mol. The lowest BCUT2D eigenvalue weighted by molar-refractivity contribution is -0.152. The first-order valence-corrected chi connectivity index (χ1v) is 11.0. The smallest absolute Gasteiger partial charge is 0.326 e. The molecule has 1 heterocycles. The van der Waals surface area contributed by atoms with Gasteiger partial charge in [0.25, 0.3) is 0 Å². The first-order valence-electron chi connectivity index (χ1n) is 11.0. The Kier molecular flexibility index (Phi) is 7.68. The number of amides is 1. The van der Waals surface area contributed by atoms with Gasteiger partial charge in [-0.3, -0.25) is 14.4 Å². The molecule has 1 aliphatic heterocycles. The van der Waals surface area contributed by atoms with Gasteiger partial charge in [0.2, 0.25) is 29.0 Å². The summed E-state index contributed by atoms with van der Waals surface area (Å²) in [4.78, 5) is 50.8. The molecule has 2 aliphatic rings. The molecule has 1 aromatic carbocycles. The summed E-state index contributed by atoms with van der Waals surface area (Å²) in [6, 6.07) is 6.76. The third kappa shape index (κ3) is 5.16. The molecule has 1 fully saturated rings. The van der Waals surface area contributed by atoms with E-state index in [1.54, 1.807) is 6.92 Å². The Morgan fingerprint density at radius 1 is 1.00 bits per heavy atom. The number of benzene rings is 1. The summed E-state index contributed by atoms with van der Waals surface area (Å²) in [6.45, 7) is 2.09. The molecule has 33 heavy (non-hydrogen) atoms. The minimum Gasteiger partial charge on any atom is -0.489 e. The number of ether oxygens (including phenoxy) is 2. The van der Waals surface area contributed by atoms with Gasteiger partial charge in [-0.1, -0.05) is 24.3 Å². The van der Waals surface area contributed by atoms with Crippen molar-refractivity contribution in [3.8, 4) is 0 Å². The summed E-state index contributed by atoms with van der Waals surface area (Å²) in [5.74, 6) is -1.99. The van der Waals surface area contributed by atoms with E-state index in [4.69, 9.17) is 9.47 Å². The Labute approximate surface area is 192 Å². The quantitative estimate of drug-likeness (QED) is 0.600. The van der Waals surface area contributed by atoms with Gasteiger partial charge >= 0.3 is 5.97 Å². The van der Waals surface area contributed by atoms with Gasteiger partial charge in [-0.2, -0.15) is 0 Å². The molecule has 0 saturated carbocycles. The number of Topliss-reactive ketones (excluding diaryl/α,β-unsaturated/α-hetero) is 2. The molecule has 3 rings (SSSR count). The van der Waals surface area contributed by atoms with Gasteiger partial charge in [0.05, 0.1) is 14.2 Å². The molecule has 0 bridgehead atoms. The molecule has 1 aliphatic carbocycles. The highest BCUT2D eigenvalue weighted by Crippen LogP contribution is 2.28. The van der Waals surface area contributed by atoms with Crippen molar-refractivity contribution in [2.45, 2.75) is 51.5 Å². The maximum Gasteiger partial charge on any atom is 0.326 e. The van der Waals surface area contributed by atoms with Crippen LogP contribution in [0.15, 0.2) is 46.9 Å². The predicted molar refractivity (Wildman–Crippen MR) is 119 cm³/mol. The van der Waals surface area contributed by atoms with Crippen LogP contribution in [-0.4, -0.2) is 60.3 Å². The Balaban J connectivity index is 1.64. The number of hydrogen-bond donors (Lipinski definition) is 1. The first-order chi connectivity index (χ1) is 15.8. The first kappa shape index (κ1) is 24.2. The van der Waals surface area contributed by atoms with E-state index in [0.29, 0.717) is 30.5 Å². The summed E-state index contributed by atoms with van der Waals surface area (Å²) in [7, 11) is 2.66. The van der Waals surface area contributed by atoms with Gasteiger partial charge in [0.1, 0.15) is 6.04 Å². The lowest BCUT2D eigenvalue weighted by atomic mass is 9.88. The van der Waals surface area contributed by atoms with Gasteiger partial charge in [0.15, 0.2) is 0 Å². The molecule has 1 N–H and O–H groups in total. The number of rotatable bonds is 8. The Morgan fingerprint density at radius 2 is 1.61 bits per heavy atom. The van der Waals surface area contributed by atoms with Crippen molar-refractivity contribution in [1.82, 2.24) is 4.90 Å². The van der Waals surface area contributed by atoms with Crippen molar-refractivity contribution in [2.75, 3.05) is 20.8 Å². The van der Waals surface area contributed by atoms with Crippen molar-refractivity contribution >= 4 is 23.4 Å². The Hall–Kier alpha value is -3.42. The molecule has 176 valence electrons. The van der Waals surface area contributed by atoms with Crippen LogP contribution < -0.4 is 0 Å². The number of allylic oxidation sites excluding steroid dienone is 2. The van der Waals surface area contributed by atoms with Crippen LogP contribution in [0.3, 0.4) is 0 Å². The van der Waals surface area contributed by atoms with E-state index in [0.717, 1.165) is 24.0 Å². The number of likely N-dealkylation sites (tertiary alicyclic amines) is 1. The van der Waals surface area contributed by atoms with E-state index in [9.17, 15) is 24.3 Å². The summed E-state index contributed by atoms with van der Waals surface area (Å²) in [5.41, 5.74) is 2.48. The number of aryl methyl sites for hydroxylation is 1. The number of methoxy groups -OCH3 is 2. The summed E-state index contributed by atoms with van der Waals surface area (Å²) in [6.07, 6.45) is 3.15. The van der Waals surface area contributed by atoms with Crippen LogP contribution in [-0.2, 0) is 41.5 Å². The molecule has 1 aromatic rings. The predicted octanol–water partition coefficient (Wildman–Crippen LogP) is 2.60. The molecule has 1 amide bonds. The average molecular weight is 456 g/mol. The largest absolute Gasteiger partial charge is 0.489 e. The van der Waals surface area contributed by atoms with Gasteiger partial charge in [-0.25, -0.2) is 4.79 Å². The van der Waals surface area contributed by atoms with Crippen molar-refractivity contribution in [3.63, 3.8) is 0 Å². The van der Waals surface area contributed by atoms with Gasteiger partial charge < -0.3 is 19.5 Å².